The van der Waals surface area contributed by atoms with Crippen molar-refractivity contribution in [3.63, 3.8) is 0 Å². The summed E-state index contributed by atoms with van der Waals surface area (Å²) in [5.41, 5.74) is 5.17. The van der Waals surface area contributed by atoms with Crippen LogP contribution < -0.4 is 15.8 Å². The van der Waals surface area contributed by atoms with E-state index in [4.69, 9.17) is 5.73 Å². The predicted molar refractivity (Wildman–Crippen MR) is 88.0 cm³/mol. The zero-order valence-electron chi connectivity index (χ0n) is 13.7. The van der Waals surface area contributed by atoms with Crippen LogP contribution in [0, 0.1) is 5.92 Å². The van der Waals surface area contributed by atoms with Crippen molar-refractivity contribution in [2.24, 2.45) is 11.7 Å². The van der Waals surface area contributed by atoms with E-state index in [1.54, 1.807) is 0 Å². The number of nitrogens with one attached hydrogen (secondary N) is 2. The molecule has 0 bridgehead atoms. The molecule has 0 radical (unpaired) electrons. The molecule has 0 saturated carbocycles. The maximum Gasteiger partial charge on any atom is 0.328 e. The van der Waals surface area contributed by atoms with Gasteiger partial charge in [-0.1, -0.05) is 0 Å². The highest BCUT2D eigenvalue weighted by atomic mass is 32.2. The smallest absolute Gasteiger partial charge is 0.328 e. The van der Waals surface area contributed by atoms with Gasteiger partial charge in [0.1, 0.15) is 0 Å². The summed E-state index contributed by atoms with van der Waals surface area (Å²) in [7, 11) is -3.60. The monoisotopic (exact) mass is 334 g/mol. The Kier molecular flexibility index (Phi) is 8.13. The molecule has 7 nitrogen and oxygen atoms in total. The van der Waals surface area contributed by atoms with Crippen molar-refractivity contribution in [1.82, 2.24) is 14.9 Å². The molecular formula is C14H30N4O3S. The van der Waals surface area contributed by atoms with Gasteiger partial charge in [-0.05, 0) is 58.5 Å². The number of nitrogens with two attached hydrogens (primary N) is 1. The summed E-state index contributed by atoms with van der Waals surface area (Å²) in [6, 6.07) is -0.0511. The maximum atomic E-state index is 11.5. The second kappa shape index (κ2) is 9.32. The first-order valence-electron chi connectivity index (χ1n) is 8.06. The van der Waals surface area contributed by atoms with E-state index in [1.807, 2.05) is 4.72 Å². The molecular weight excluding hydrogens is 304 g/mol. The van der Waals surface area contributed by atoms with Gasteiger partial charge in [0.15, 0.2) is 0 Å². The number of hydrogen-bond donors (Lipinski definition) is 3. The SMILES string of the molecule is CC(C)N1CCC(CCCNC(=O)NS(=O)(=O)CCN)CC1. The third-order valence-corrected chi connectivity index (χ3v) is 5.36. The molecule has 1 saturated heterocycles. The highest BCUT2D eigenvalue weighted by Crippen LogP contribution is 2.22. The number of carbonyl (C=O) groups is 1. The van der Waals surface area contributed by atoms with E-state index in [0.29, 0.717) is 18.5 Å². The van der Waals surface area contributed by atoms with Crippen LogP contribution in [0.25, 0.3) is 0 Å². The molecule has 0 atom stereocenters. The molecule has 0 aromatic rings. The Morgan fingerprint density at radius 3 is 2.50 bits per heavy atom. The molecule has 0 spiro atoms. The van der Waals surface area contributed by atoms with E-state index >= 15 is 0 Å². The van der Waals surface area contributed by atoms with Crippen LogP contribution in [0.4, 0.5) is 4.79 Å². The molecule has 1 heterocycles. The quantitative estimate of drug-likeness (QED) is 0.560. The third-order valence-electron chi connectivity index (χ3n) is 4.09. The Labute approximate surface area is 134 Å². The van der Waals surface area contributed by atoms with Gasteiger partial charge >= 0.3 is 6.03 Å². The number of nitrogens with zero attached hydrogens (tertiary/aromatic N) is 1. The number of sulfonamides is 1. The van der Waals surface area contributed by atoms with Gasteiger partial charge < -0.3 is 16.0 Å². The second-order valence-corrected chi connectivity index (χ2v) is 8.02. The van der Waals surface area contributed by atoms with Crippen molar-refractivity contribution in [2.45, 2.75) is 45.6 Å². The number of hydrogen-bond acceptors (Lipinski definition) is 5. The lowest BCUT2D eigenvalue weighted by molar-refractivity contribution is 0.144. The van der Waals surface area contributed by atoms with E-state index in [-0.39, 0.29) is 12.3 Å². The van der Waals surface area contributed by atoms with E-state index in [0.717, 1.165) is 25.9 Å². The van der Waals surface area contributed by atoms with Crippen LogP contribution in [-0.2, 0) is 10.0 Å². The Balaban J connectivity index is 2.12. The molecule has 0 aromatic carbocycles. The minimum Gasteiger partial charge on any atom is -0.337 e. The van der Waals surface area contributed by atoms with Crippen LogP contribution in [0.3, 0.4) is 0 Å². The van der Waals surface area contributed by atoms with Crippen molar-refractivity contribution in [2.75, 3.05) is 31.9 Å². The van der Waals surface area contributed by atoms with Crippen molar-refractivity contribution in [1.29, 1.82) is 0 Å². The van der Waals surface area contributed by atoms with Crippen LogP contribution in [0.1, 0.15) is 39.5 Å². The van der Waals surface area contributed by atoms with E-state index in [2.05, 4.69) is 24.1 Å². The van der Waals surface area contributed by atoms with Gasteiger partial charge in [0.25, 0.3) is 0 Å². The highest BCUT2D eigenvalue weighted by molar-refractivity contribution is 7.90. The normalized spacial score (nSPS) is 17.6. The van der Waals surface area contributed by atoms with Gasteiger partial charge in [-0.3, -0.25) is 0 Å². The van der Waals surface area contributed by atoms with Crippen LogP contribution >= 0.6 is 0 Å². The van der Waals surface area contributed by atoms with Crippen molar-refractivity contribution in [3.8, 4) is 0 Å². The minimum absolute atomic E-state index is 0.00229. The maximum absolute atomic E-state index is 11.5. The van der Waals surface area contributed by atoms with Gasteiger partial charge in [0.2, 0.25) is 10.0 Å². The summed E-state index contributed by atoms with van der Waals surface area (Å²) in [5.74, 6) is 0.468. The summed E-state index contributed by atoms with van der Waals surface area (Å²) in [4.78, 5) is 13.9. The number of amides is 2. The van der Waals surface area contributed by atoms with Gasteiger partial charge in [-0.15, -0.1) is 0 Å². The fourth-order valence-electron chi connectivity index (χ4n) is 2.73. The fourth-order valence-corrected chi connectivity index (χ4v) is 3.50. The summed E-state index contributed by atoms with van der Waals surface area (Å²) < 4.78 is 24.6. The van der Waals surface area contributed by atoms with Crippen LogP contribution in [0.5, 0.6) is 0 Å². The molecule has 2 amide bonds. The topological polar surface area (TPSA) is 105 Å². The number of rotatable bonds is 8. The fraction of sp³-hybridized carbons (Fsp3) is 0.929. The molecule has 0 aromatic heterocycles. The Morgan fingerprint density at radius 1 is 1.32 bits per heavy atom. The average Bonchev–Trinajstić information content (AvgIpc) is 2.43. The number of likely N-dealkylation sites (tertiary alicyclic amines) is 1. The van der Waals surface area contributed by atoms with E-state index < -0.39 is 16.1 Å². The zero-order valence-corrected chi connectivity index (χ0v) is 14.5. The molecule has 1 rings (SSSR count). The summed E-state index contributed by atoms with van der Waals surface area (Å²) in [5, 5.41) is 2.58. The molecule has 1 aliphatic rings. The molecule has 8 heteroatoms. The highest BCUT2D eigenvalue weighted by Gasteiger charge is 2.20. The lowest BCUT2D eigenvalue weighted by Gasteiger charge is -2.34. The van der Waals surface area contributed by atoms with Gasteiger partial charge in [0.05, 0.1) is 5.75 Å². The molecule has 22 heavy (non-hydrogen) atoms. The Morgan fingerprint density at radius 2 is 1.95 bits per heavy atom. The van der Waals surface area contributed by atoms with Gasteiger partial charge in [-0.25, -0.2) is 17.9 Å². The first kappa shape index (κ1) is 19.2. The standard InChI is InChI=1S/C14H30N4O3S/c1-12(2)18-9-5-13(6-10-18)4-3-8-16-14(19)17-22(20,21)11-7-15/h12-13H,3-11,15H2,1-2H3,(H2,16,17,19). The molecule has 130 valence electrons. The predicted octanol–water partition coefficient (Wildman–Crippen LogP) is 0.475. The lowest BCUT2D eigenvalue weighted by atomic mass is 9.91. The lowest BCUT2D eigenvalue weighted by Crippen LogP contribution is -2.42. The Hall–Kier alpha value is -0.860. The summed E-state index contributed by atoms with van der Waals surface area (Å²) in [6.45, 7) is 7.23. The first-order chi connectivity index (χ1) is 10.3. The van der Waals surface area contributed by atoms with Gasteiger partial charge in [0, 0.05) is 19.1 Å². The zero-order chi connectivity index (χ0) is 16.6. The molecule has 4 N–H and O–H groups in total. The van der Waals surface area contributed by atoms with Crippen LogP contribution in [0.2, 0.25) is 0 Å². The molecule has 0 unspecified atom stereocenters. The summed E-state index contributed by atoms with van der Waals surface area (Å²) >= 11 is 0. The average molecular weight is 334 g/mol. The van der Waals surface area contributed by atoms with E-state index in [9.17, 15) is 13.2 Å². The van der Waals surface area contributed by atoms with Crippen molar-refractivity contribution in [3.05, 3.63) is 0 Å². The molecule has 1 fully saturated rings. The largest absolute Gasteiger partial charge is 0.337 e. The summed E-state index contributed by atoms with van der Waals surface area (Å²) in [6.07, 6.45) is 4.35. The van der Waals surface area contributed by atoms with Crippen LogP contribution in [-0.4, -0.2) is 57.3 Å². The van der Waals surface area contributed by atoms with Crippen LogP contribution in [0.15, 0.2) is 0 Å². The number of urea groups is 1. The van der Waals surface area contributed by atoms with Crippen molar-refractivity contribution >= 4 is 16.1 Å². The first-order valence-corrected chi connectivity index (χ1v) is 9.71. The minimum atomic E-state index is -3.60. The third kappa shape index (κ3) is 7.42. The number of carbonyl (C=O) groups excluding carboxylic acids is 1. The molecule has 1 aliphatic heterocycles. The van der Waals surface area contributed by atoms with E-state index in [1.165, 1.54) is 12.8 Å². The Bertz CT molecular complexity index is 431. The second-order valence-electron chi connectivity index (χ2n) is 6.18. The van der Waals surface area contributed by atoms with Crippen molar-refractivity contribution < 1.29 is 13.2 Å². The van der Waals surface area contributed by atoms with Gasteiger partial charge in [-0.2, -0.15) is 0 Å². The number of piperidine rings is 1. The molecule has 0 aliphatic carbocycles.